The molecule has 0 spiro atoms. The van der Waals surface area contributed by atoms with E-state index >= 15 is 0 Å². The van der Waals surface area contributed by atoms with E-state index in [0.717, 1.165) is 17.5 Å². The molecule has 1 atom stereocenters. The Morgan fingerprint density at radius 3 is 2.50 bits per heavy atom. The van der Waals surface area contributed by atoms with Gasteiger partial charge < -0.3 is 19.3 Å². The van der Waals surface area contributed by atoms with Gasteiger partial charge in [-0.05, 0) is 66.6 Å². The van der Waals surface area contributed by atoms with Crippen molar-refractivity contribution in [1.29, 1.82) is 0 Å². The van der Waals surface area contributed by atoms with Crippen LogP contribution in [0.1, 0.15) is 36.9 Å². The fraction of sp³-hybridized carbons (Fsp3) is 0.233. The monoisotopic (exact) mass is 578 g/mol. The van der Waals surface area contributed by atoms with Gasteiger partial charge in [0.15, 0.2) is 16.6 Å². The second-order valence-electron chi connectivity index (χ2n) is 9.12. The topological polar surface area (TPSA) is 98.2 Å². The number of aliphatic hydroxyl groups is 1. The SMILES string of the molecule is CCCCOc1ccc(C2/C(=C(\O)c3ccc(OC)cc3)C(=O)C(=O)N2c2nc3ccc(Cl)cc3s2)cc1OC. The fourth-order valence-corrected chi connectivity index (χ4v) is 5.81. The van der Waals surface area contributed by atoms with Gasteiger partial charge in [-0.2, -0.15) is 0 Å². The highest BCUT2D eigenvalue weighted by Gasteiger charge is 2.48. The standard InChI is InChI=1S/C30H27ClN2O6S/c1-4-5-14-39-22-13-8-18(15-23(22)38-3)26-25(27(34)17-6-10-20(37-2)11-7-17)28(35)29(36)33(26)30-32-21-12-9-19(31)16-24(21)40-30/h6-13,15-16,26,34H,4-5,14H2,1-3H3/b27-25+. The van der Waals surface area contributed by atoms with Crippen LogP contribution in [0.5, 0.6) is 17.2 Å². The number of fused-ring (bicyclic) bond motifs is 1. The van der Waals surface area contributed by atoms with Gasteiger partial charge in [0.2, 0.25) is 0 Å². The number of ether oxygens (including phenoxy) is 3. The number of carbonyl (C=O) groups excluding carboxylic acids is 2. The molecule has 1 aliphatic rings. The summed E-state index contributed by atoms with van der Waals surface area (Å²) in [5.41, 5.74) is 1.49. The third-order valence-electron chi connectivity index (χ3n) is 6.61. The summed E-state index contributed by atoms with van der Waals surface area (Å²) in [6.45, 7) is 2.60. The van der Waals surface area contributed by atoms with E-state index in [1.807, 2.05) is 0 Å². The molecule has 10 heteroatoms. The number of halogens is 1. The number of aromatic nitrogens is 1. The van der Waals surface area contributed by atoms with E-state index in [0.29, 0.717) is 50.7 Å². The summed E-state index contributed by atoms with van der Waals surface area (Å²) >= 11 is 7.42. The van der Waals surface area contributed by atoms with Gasteiger partial charge in [0, 0.05) is 10.6 Å². The van der Waals surface area contributed by atoms with Crippen molar-refractivity contribution in [3.63, 3.8) is 0 Å². The largest absolute Gasteiger partial charge is 0.507 e. The molecule has 1 N–H and O–H groups in total. The van der Waals surface area contributed by atoms with Crippen LogP contribution in [-0.2, 0) is 9.59 Å². The molecular formula is C30H27ClN2O6S. The van der Waals surface area contributed by atoms with E-state index in [4.69, 9.17) is 25.8 Å². The van der Waals surface area contributed by atoms with Crippen molar-refractivity contribution in [3.8, 4) is 17.2 Å². The maximum absolute atomic E-state index is 13.6. The number of amides is 1. The third kappa shape index (κ3) is 5.10. The molecule has 1 aromatic heterocycles. The predicted octanol–water partition coefficient (Wildman–Crippen LogP) is 6.77. The molecule has 4 aromatic rings. The number of nitrogens with zero attached hydrogens (tertiary/aromatic N) is 2. The van der Waals surface area contributed by atoms with Gasteiger partial charge in [0.05, 0.1) is 42.7 Å². The van der Waals surface area contributed by atoms with E-state index in [-0.39, 0.29) is 11.3 Å². The molecule has 0 saturated carbocycles. The number of rotatable bonds is 9. The summed E-state index contributed by atoms with van der Waals surface area (Å²) in [6, 6.07) is 16.1. The maximum Gasteiger partial charge on any atom is 0.301 e. The molecule has 5 rings (SSSR count). The van der Waals surface area contributed by atoms with Crippen molar-refractivity contribution in [3.05, 3.63) is 82.4 Å². The maximum atomic E-state index is 13.6. The zero-order valence-electron chi connectivity index (χ0n) is 22.1. The van der Waals surface area contributed by atoms with Gasteiger partial charge in [-0.25, -0.2) is 4.98 Å². The Morgan fingerprint density at radius 1 is 1.02 bits per heavy atom. The highest BCUT2D eigenvalue weighted by molar-refractivity contribution is 7.22. The van der Waals surface area contributed by atoms with Crippen LogP contribution in [0.4, 0.5) is 5.13 Å². The van der Waals surface area contributed by atoms with Gasteiger partial charge in [-0.1, -0.05) is 42.3 Å². The molecule has 206 valence electrons. The Labute approximate surface area is 240 Å². The van der Waals surface area contributed by atoms with E-state index in [1.54, 1.807) is 60.7 Å². The number of hydrogen-bond acceptors (Lipinski definition) is 8. The Morgan fingerprint density at radius 2 is 1.80 bits per heavy atom. The second kappa shape index (κ2) is 11.6. The first-order valence-electron chi connectivity index (χ1n) is 12.7. The number of carbonyl (C=O) groups is 2. The number of aliphatic hydroxyl groups excluding tert-OH is 1. The lowest BCUT2D eigenvalue weighted by Gasteiger charge is -2.24. The van der Waals surface area contributed by atoms with E-state index in [9.17, 15) is 14.7 Å². The average molecular weight is 579 g/mol. The number of Topliss-reactive ketones (excluding diaryl/α,β-unsaturated/α-hetero) is 1. The van der Waals surface area contributed by atoms with Crippen LogP contribution in [0.3, 0.4) is 0 Å². The second-order valence-corrected chi connectivity index (χ2v) is 10.6. The van der Waals surface area contributed by atoms with Crippen LogP contribution in [0.2, 0.25) is 5.02 Å². The first-order chi connectivity index (χ1) is 19.4. The molecule has 0 radical (unpaired) electrons. The van der Waals surface area contributed by atoms with Crippen LogP contribution < -0.4 is 19.1 Å². The summed E-state index contributed by atoms with van der Waals surface area (Å²) in [4.78, 5) is 33.1. The highest BCUT2D eigenvalue weighted by Crippen LogP contribution is 2.46. The Bertz CT molecular complexity index is 1610. The highest BCUT2D eigenvalue weighted by atomic mass is 35.5. The third-order valence-corrected chi connectivity index (χ3v) is 7.86. The number of hydrogen-bond donors (Lipinski definition) is 1. The number of thiazole rings is 1. The fourth-order valence-electron chi connectivity index (χ4n) is 4.54. The Balaban J connectivity index is 1.68. The zero-order valence-corrected chi connectivity index (χ0v) is 23.7. The van der Waals surface area contributed by atoms with Crippen LogP contribution in [0, 0.1) is 0 Å². The number of methoxy groups -OCH3 is 2. The van der Waals surface area contributed by atoms with Crippen molar-refractivity contribution in [1.82, 2.24) is 4.98 Å². The van der Waals surface area contributed by atoms with E-state index < -0.39 is 17.7 Å². The lowest BCUT2D eigenvalue weighted by atomic mass is 9.95. The molecule has 3 aromatic carbocycles. The van der Waals surface area contributed by atoms with E-state index in [2.05, 4.69) is 11.9 Å². The summed E-state index contributed by atoms with van der Waals surface area (Å²) in [7, 11) is 3.06. The van der Waals surface area contributed by atoms with Crippen molar-refractivity contribution in [2.75, 3.05) is 25.7 Å². The van der Waals surface area contributed by atoms with Gasteiger partial charge in [-0.15, -0.1) is 0 Å². The minimum Gasteiger partial charge on any atom is -0.507 e. The van der Waals surface area contributed by atoms with Gasteiger partial charge >= 0.3 is 5.91 Å². The number of anilines is 1. The normalized spacial score (nSPS) is 16.5. The van der Waals surface area contributed by atoms with Gasteiger partial charge in [0.25, 0.3) is 5.78 Å². The zero-order chi connectivity index (χ0) is 28.4. The van der Waals surface area contributed by atoms with Crippen LogP contribution >= 0.6 is 22.9 Å². The van der Waals surface area contributed by atoms with Gasteiger partial charge in [0.1, 0.15) is 11.5 Å². The van der Waals surface area contributed by atoms with Crippen molar-refractivity contribution in [2.24, 2.45) is 0 Å². The molecule has 40 heavy (non-hydrogen) atoms. The van der Waals surface area contributed by atoms with Crippen LogP contribution in [-0.4, -0.2) is 42.6 Å². The Hall–Kier alpha value is -4.08. The van der Waals surface area contributed by atoms with Crippen LogP contribution in [0.15, 0.2) is 66.2 Å². The summed E-state index contributed by atoms with van der Waals surface area (Å²) in [5, 5.41) is 12.3. The Kier molecular flexibility index (Phi) is 7.95. The molecule has 1 unspecified atom stereocenters. The lowest BCUT2D eigenvalue weighted by Crippen LogP contribution is -2.29. The summed E-state index contributed by atoms with van der Waals surface area (Å²) in [6.07, 6.45) is 1.86. The van der Waals surface area contributed by atoms with Gasteiger partial charge in [-0.3, -0.25) is 14.5 Å². The summed E-state index contributed by atoms with van der Waals surface area (Å²) < 4.78 is 17.5. The van der Waals surface area contributed by atoms with Crippen molar-refractivity contribution in [2.45, 2.75) is 25.8 Å². The quantitative estimate of drug-likeness (QED) is 0.101. The number of ketones is 1. The molecule has 0 aliphatic carbocycles. The molecule has 0 bridgehead atoms. The minimum atomic E-state index is -0.975. The lowest BCUT2D eigenvalue weighted by molar-refractivity contribution is -0.132. The number of benzene rings is 3. The average Bonchev–Trinajstić information content (AvgIpc) is 3.50. The molecule has 2 heterocycles. The van der Waals surface area contributed by atoms with Crippen LogP contribution in [0.25, 0.3) is 16.0 Å². The first-order valence-corrected chi connectivity index (χ1v) is 13.9. The molecular weight excluding hydrogens is 552 g/mol. The van der Waals surface area contributed by atoms with E-state index in [1.165, 1.54) is 30.5 Å². The molecule has 1 amide bonds. The number of unbranched alkanes of at least 4 members (excludes halogenated alkanes) is 1. The molecule has 1 fully saturated rings. The molecule has 1 saturated heterocycles. The van der Waals surface area contributed by atoms with Crippen molar-refractivity contribution >= 4 is 55.7 Å². The molecule has 1 aliphatic heterocycles. The predicted molar refractivity (Wildman–Crippen MR) is 156 cm³/mol. The molecule has 8 nitrogen and oxygen atoms in total. The first kappa shape index (κ1) is 27.5. The summed E-state index contributed by atoms with van der Waals surface area (Å²) in [5.74, 6) is -0.351. The van der Waals surface area contributed by atoms with Crippen molar-refractivity contribution < 1.29 is 28.9 Å². The minimum absolute atomic E-state index is 0.0610. The smallest absolute Gasteiger partial charge is 0.301 e.